The van der Waals surface area contributed by atoms with Crippen LogP contribution in [0.5, 0.6) is 23.0 Å². The Labute approximate surface area is 293 Å². The van der Waals surface area contributed by atoms with Crippen molar-refractivity contribution in [3.05, 3.63) is 46.6 Å². The zero-order chi connectivity index (χ0) is 37.8. The highest BCUT2D eigenvalue weighted by Crippen LogP contribution is 2.38. The van der Waals surface area contributed by atoms with E-state index < -0.39 is 121 Å². The molecule has 4 heterocycles. The molecule has 3 aromatic rings. The van der Waals surface area contributed by atoms with E-state index in [2.05, 4.69) is 0 Å². The molecular formula is C33H40O19. The van der Waals surface area contributed by atoms with Gasteiger partial charge in [0.1, 0.15) is 89.3 Å². The molecule has 11 N–H and O–H groups in total. The quantitative estimate of drug-likeness (QED) is 0.110. The normalized spacial score (nSPS) is 38.2. The molecule has 19 nitrogen and oxygen atoms in total. The largest absolute Gasteiger partial charge is 0.508 e. The van der Waals surface area contributed by atoms with Gasteiger partial charge >= 0.3 is 0 Å². The van der Waals surface area contributed by atoms with E-state index in [1.54, 1.807) is 0 Å². The molecule has 0 amide bonds. The predicted molar refractivity (Wildman–Crippen MR) is 170 cm³/mol. The van der Waals surface area contributed by atoms with Crippen molar-refractivity contribution in [1.29, 1.82) is 0 Å². The first-order chi connectivity index (χ1) is 24.6. The Morgan fingerprint density at radius 1 is 0.635 bits per heavy atom. The van der Waals surface area contributed by atoms with Gasteiger partial charge in [0, 0.05) is 17.7 Å². The first kappa shape index (κ1) is 38.1. The van der Waals surface area contributed by atoms with Gasteiger partial charge in [0.2, 0.25) is 23.8 Å². The Balaban J connectivity index is 1.32. The van der Waals surface area contributed by atoms with Crippen molar-refractivity contribution in [2.24, 2.45) is 0 Å². The summed E-state index contributed by atoms with van der Waals surface area (Å²) in [4.78, 5) is 14.0. The fourth-order valence-corrected chi connectivity index (χ4v) is 6.09. The van der Waals surface area contributed by atoms with Crippen molar-refractivity contribution in [3.8, 4) is 34.3 Å². The molecule has 52 heavy (non-hydrogen) atoms. The number of aliphatic hydroxyl groups excluding tert-OH is 9. The summed E-state index contributed by atoms with van der Waals surface area (Å²) in [7, 11) is 0. The highest BCUT2D eigenvalue weighted by atomic mass is 16.7. The molecule has 0 spiro atoms. The molecule has 3 aliphatic heterocycles. The van der Waals surface area contributed by atoms with Crippen molar-refractivity contribution >= 4 is 11.0 Å². The molecule has 3 aliphatic rings. The van der Waals surface area contributed by atoms with Gasteiger partial charge in [0.05, 0.1) is 18.8 Å². The molecule has 6 rings (SSSR count). The second-order valence-corrected chi connectivity index (χ2v) is 12.9. The van der Waals surface area contributed by atoms with Gasteiger partial charge in [-0.25, -0.2) is 0 Å². The Morgan fingerprint density at radius 3 is 1.79 bits per heavy atom. The third-order valence-corrected chi connectivity index (χ3v) is 9.23. The minimum atomic E-state index is -1.98. The lowest BCUT2D eigenvalue weighted by atomic mass is 9.98. The average Bonchev–Trinajstić information content (AvgIpc) is 3.11. The number of aliphatic hydroxyl groups is 9. The SMILES string of the molecule is C[C@@H]1O[C@@H](OC[C@H]2O[C@@H](Oc3c(-c4ccc(O)cc4)oc4cc(O[C@H]5O[C@H](C)[C@@H](O)[C@H](O)[C@@H]5O)cc(O)c4c3=O)[C@H](O)[C@@H](O)[C@H]2O)[C@H](O)[C@H](O)[C@H]1O. The molecule has 15 atom stereocenters. The zero-order valence-corrected chi connectivity index (χ0v) is 27.5. The van der Waals surface area contributed by atoms with Crippen LogP contribution in [0.2, 0.25) is 0 Å². The lowest BCUT2D eigenvalue weighted by Gasteiger charge is -2.42. The maximum atomic E-state index is 14.0. The van der Waals surface area contributed by atoms with Crippen LogP contribution in [-0.4, -0.2) is 155 Å². The van der Waals surface area contributed by atoms with Crippen LogP contribution in [0.25, 0.3) is 22.3 Å². The van der Waals surface area contributed by atoms with Crippen LogP contribution < -0.4 is 14.9 Å². The van der Waals surface area contributed by atoms with E-state index in [0.29, 0.717) is 0 Å². The van der Waals surface area contributed by atoms with Crippen LogP contribution in [0, 0.1) is 0 Å². The van der Waals surface area contributed by atoms with Gasteiger partial charge in [0.15, 0.2) is 12.1 Å². The molecular weight excluding hydrogens is 700 g/mol. The molecule has 0 radical (unpaired) electrons. The molecule has 0 saturated carbocycles. The molecule has 0 bridgehead atoms. The summed E-state index contributed by atoms with van der Waals surface area (Å²) < 4.78 is 39.5. The number of benzene rings is 2. The molecule has 1 aromatic heterocycles. The second kappa shape index (κ2) is 15.0. The van der Waals surface area contributed by atoms with Gasteiger partial charge in [0.25, 0.3) is 0 Å². The second-order valence-electron chi connectivity index (χ2n) is 12.9. The molecule has 2 aromatic carbocycles. The van der Waals surface area contributed by atoms with E-state index in [1.807, 2.05) is 0 Å². The zero-order valence-electron chi connectivity index (χ0n) is 27.5. The number of hydrogen-bond donors (Lipinski definition) is 11. The molecule has 3 saturated heterocycles. The Hall–Kier alpha value is -3.67. The van der Waals surface area contributed by atoms with E-state index in [0.717, 1.165) is 6.07 Å². The number of phenolic OH excluding ortho intramolecular Hbond substituents is 2. The number of phenols is 2. The molecule has 0 aliphatic carbocycles. The summed E-state index contributed by atoms with van der Waals surface area (Å²) in [5.41, 5.74) is -1.16. The maximum Gasteiger partial charge on any atom is 0.239 e. The topological polar surface area (TPSA) is 308 Å². The van der Waals surface area contributed by atoms with Gasteiger partial charge in [-0.15, -0.1) is 0 Å². The van der Waals surface area contributed by atoms with E-state index in [-0.39, 0.29) is 28.4 Å². The summed E-state index contributed by atoms with van der Waals surface area (Å²) in [6, 6.07) is 7.38. The highest BCUT2D eigenvalue weighted by Gasteiger charge is 2.48. The number of fused-ring (bicyclic) bond motifs is 1. The van der Waals surface area contributed by atoms with Crippen molar-refractivity contribution in [2.45, 2.75) is 106 Å². The Morgan fingerprint density at radius 2 is 1.17 bits per heavy atom. The molecule has 19 heteroatoms. The van der Waals surface area contributed by atoms with E-state index in [4.69, 9.17) is 32.8 Å². The van der Waals surface area contributed by atoms with Crippen molar-refractivity contribution in [3.63, 3.8) is 0 Å². The van der Waals surface area contributed by atoms with Crippen molar-refractivity contribution < 1.29 is 89.0 Å². The summed E-state index contributed by atoms with van der Waals surface area (Å²) in [5, 5.41) is 114. The predicted octanol–water partition coefficient (Wildman–Crippen LogP) is -2.89. The smallest absolute Gasteiger partial charge is 0.239 e. The monoisotopic (exact) mass is 740 g/mol. The van der Waals surface area contributed by atoms with Crippen LogP contribution in [0.15, 0.2) is 45.6 Å². The fraction of sp³-hybridized carbons (Fsp3) is 0.545. The van der Waals surface area contributed by atoms with Gasteiger partial charge in [-0.1, -0.05) is 0 Å². The Kier molecular flexibility index (Phi) is 11.0. The van der Waals surface area contributed by atoms with Crippen molar-refractivity contribution in [2.75, 3.05) is 6.61 Å². The summed E-state index contributed by atoms with van der Waals surface area (Å²) in [5.74, 6) is -2.01. The maximum absolute atomic E-state index is 14.0. The third kappa shape index (κ3) is 7.16. The van der Waals surface area contributed by atoms with Gasteiger partial charge in [-0.2, -0.15) is 0 Å². The van der Waals surface area contributed by atoms with Crippen LogP contribution >= 0.6 is 0 Å². The number of ether oxygens (including phenoxy) is 6. The Bertz CT molecular complexity index is 1770. The van der Waals surface area contributed by atoms with Crippen LogP contribution in [0.1, 0.15) is 13.8 Å². The van der Waals surface area contributed by atoms with Crippen LogP contribution in [-0.2, 0) is 18.9 Å². The first-order valence-electron chi connectivity index (χ1n) is 16.2. The average molecular weight is 741 g/mol. The number of aromatic hydroxyl groups is 2. The van der Waals surface area contributed by atoms with Crippen LogP contribution in [0.4, 0.5) is 0 Å². The number of rotatable bonds is 8. The third-order valence-electron chi connectivity index (χ3n) is 9.23. The molecule has 0 unspecified atom stereocenters. The summed E-state index contributed by atoms with van der Waals surface area (Å²) in [6.45, 7) is 2.25. The number of hydrogen-bond acceptors (Lipinski definition) is 19. The minimum absolute atomic E-state index is 0.138. The van der Waals surface area contributed by atoms with E-state index >= 15 is 0 Å². The lowest BCUT2D eigenvalue weighted by Crippen LogP contribution is -2.61. The van der Waals surface area contributed by atoms with E-state index in [1.165, 1.54) is 44.2 Å². The van der Waals surface area contributed by atoms with E-state index in [9.17, 15) is 61.0 Å². The first-order valence-corrected chi connectivity index (χ1v) is 16.2. The van der Waals surface area contributed by atoms with Gasteiger partial charge in [-0.05, 0) is 38.1 Å². The molecule has 3 fully saturated rings. The fourth-order valence-electron chi connectivity index (χ4n) is 6.09. The standard InChI is InChI=1S/C33H40O19/c1-10-19(36)23(40)26(43)31(47-10)46-9-17-21(38)25(42)28(45)33(51-17)52-30-22(39)18-15(35)7-14(49-32-27(44)24(41)20(37)11(2)48-32)8-16(18)50-29(30)12-3-5-13(34)6-4-12/h3-8,10-11,17,19-21,23-28,31-38,40-45H,9H2,1-2H3/t10-,11+,17+,19-,20+,21-,23+,24-,25-,26+,27-,28+,31+,32+,33-/m0/s1. The lowest BCUT2D eigenvalue weighted by molar-refractivity contribution is -0.318. The van der Waals surface area contributed by atoms with Crippen LogP contribution in [0.3, 0.4) is 0 Å². The summed E-state index contributed by atoms with van der Waals surface area (Å²) >= 11 is 0. The minimum Gasteiger partial charge on any atom is -0.508 e. The van der Waals surface area contributed by atoms with Gasteiger partial charge in [-0.3, -0.25) is 4.79 Å². The molecule has 286 valence electrons. The van der Waals surface area contributed by atoms with Crippen molar-refractivity contribution in [1.82, 2.24) is 0 Å². The summed E-state index contributed by atoms with van der Waals surface area (Å²) in [6.07, 6.45) is -23.5. The van der Waals surface area contributed by atoms with Gasteiger partial charge < -0.3 is 89.0 Å². The highest BCUT2D eigenvalue weighted by molar-refractivity contribution is 5.88.